The van der Waals surface area contributed by atoms with E-state index >= 15 is 0 Å². The normalized spacial score (nSPS) is 17.7. The van der Waals surface area contributed by atoms with Crippen molar-refractivity contribution in [1.29, 1.82) is 0 Å². The molecule has 38 heavy (non-hydrogen) atoms. The molecule has 1 saturated heterocycles. The molecule has 11 heteroatoms. The number of hydrogen-bond acceptors (Lipinski definition) is 8. The molecular weight excluding hydrogens is 484 g/mol. The van der Waals surface area contributed by atoms with Crippen molar-refractivity contribution in [3.63, 3.8) is 0 Å². The fourth-order valence-corrected chi connectivity index (χ4v) is 4.82. The number of nitrogens with two attached hydrogens (primary N) is 1. The average Bonchev–Trinajstić information content (AvgIpc) is 3.54. The summed E-state index contributed by atoms with van der Waals surface area (Å²) in [5.74, 6) is 7.50. The number of ether oxygens (including phenoxy) is 2. The lowest BCUT2D eigenvalue weighted by Gasteiger charge is -2.28. The number of H-pyrrole nitrogens is 1. The molecule has 0 spiro atoms. The maximum Gasteiger partial charge on any atom is 0.410 e. The number of aromatic amines is 1. The third kappa shape index (κ3) is 5.13. The molecule has 1 fully saturated rings. The Morgan fingerprint density at radius 1 is 1.26 bits per heavy atom. The number of carbonyl (C=O) groups excluding carboxylic acids is 1. The first kappa shape index (κ1) is 25.5. The molecule has 1 aliphatic rings. The summed E-state index contributed by atoms with van der Waals surface area (Å²) < 4.78 is 12.8. The standard InChI is InChI=1S/C27H32N8O3/c1-16-31-20-8-6-17(12-22(20)32-16)7-9-21-23-24(28)29-15-30-25(23)35(33-21)19-13-18(10-11-37-5)34(14-19)26(36)38-27(2,3)4/h6,8,12,15,18-19H,10-11,13-14H2,1-5H3,(H,31,32)(H2,28,29,30)/t18-,19?/m0/s1. The van der Waals surface area contributed by atoms with Crippen molar-refractivity contribution in [2.45, 2.75) is 58.2 Å². The fourth-order valence-electron chi connectivity index (χ4n) is 4.82. The number of hydrogen-bond donors (Lipinski definition) is 2. The van der Waals surface area contributed by atoms with E-state index < -0.39 is 5.60 Å². The highest BCUT2D eigenvalue weighted by Crippen LogP contribution is 2.33. The van der Waals surface area contributed by atoms with Crippen molar-refractivity contribution in [2.75, 3.05) is 26.0 Å². The van der Waals surface area contributed by atoms with Crippen LogP contribution in [0.25, 0.3) is 22.1 Å². The number of anilines is 1. The van der Waals surface area contributed by atoms with Crippen LogP contribution < -0.4 is 5.73 Å². The van der Waals surface area contributed by atoms with E-state index in [1.807, 2.05) is 50.6 Å². The van der Waals surface area contributed by atoms with Crippen LogP contribution in [0.15, 0.2) is 24.5 Å². The molecule has 4 heterocycles. The number of rotatable bonds is 4. The molecule has 2 atom stereocenters. The number of methoxy groups -OCH3 is 1. The number of likely N-dealkylation sites (tertiary alicyclic amines) is 1. The first-order valence-electron chi connectivity index (χ1n) is 12.6. The Labute approximate surface area is 220 Å². The van der Waals surface area contributed by atoms with Crippen LogP contribution in [0, 0.1) is 18.8 Å². The molecule has 198 valence electrons. The second-order valence-electron chi connectivity index (χ2n) is 10.5. The minimum absolute atomic E-state index is 0.0631. The van der Waals surface area contributed by atoms with Gasteiger partial charge in [-0.05, 0) is 64.7 Å². The number of benzene rings is 1. The van der Waals surface area contributed by atoms with Crippen molar-refractivity contribution < 1.29 is 14.3 Å². The van der Waals surface area contributed by atoms with Gasteiger partial charge >= 0.3 is 6.09 Å². The number of aromatic nitrogens is 6. The zero-order chi connectivity index (χ0) is 27.0. The third-order valence-electron chi connectivity index (χ3n) is 6.47. The summed E-state index contributed by atoms with van der Waals surface area (Å²) in [5, 5.41) is 5.42. The highest BCUT2D eigenvalue weighted by Gasteiger charge is 2.39. The molecule has 0 radical (unpaired) electrons. The van der Waals surface area contributed by atoms with E-state index in [1.54, 1.807) is 12.0 Å². The van der Waals surface area contributed by atoms with Gasteiger partial charge in [0.2, 0.25) is 0 Å². The van der Waals surface area contributed by atoms with E-state index in [0.717, 1.165) is 22.4 Å². The van der Waals surface area contributed by atoms with Crippen LogP contribution in [0.2, 0.25) is 0 Å². The molecule has 1 aromatic carbocycles. The second kappa shape index (κ2) is 9.95. The van der Waals surface area contributed by atoms with E-state index in [4.69, 9.17) is 20.3 Å². The minimum Gasteiger partial charge on any atom is -0.444 e. The lowest BCUT2D eigenvalue weighted by Crippen LogP contribution is -2.40. The van der Waals surface area contributed by atoms with Gasteiger partial charge in [-0.15, -0.1) is 0 Å². The van der Waals surface area contributed by atoms with Gasteiger partial charge in [-0.2, -0.15) is 5.10 Å². The first-order chi connectivity index (χ1) is 18.1. The summed E-state index contributed by atoms with van der Waals surface area (Å²) in [7, 11) is 1.65. The Morgan fingerprint density at radius 3 is 2.84 bits per heavy atom. The summed E-state index contributed by atoms with van der Waals surface area (Å²) in [5.41, 5.74) is 9.35. The van der Waals surface area contributed by atoms with Gasteiger partial charge in [-0.1, -0.05) is 5.92 Å². The summed E-state index contributed by atoms with van der Waals surface area (Å²) in [6, 6.07) is 5.62. The van der Waals surface area contributed by atoms with Gasteiger partial charge < -0.3 is 25.1 Å². The number of nitrogens with zero attached hydrogens (tertiary/aromatic N) is 6. The van der Waals surface area contributed by atoms with Crippen molar-refractivity contribution in [1.82, 2.24) is 34.6 Å². The van der Waals surface area contributed by atoms with E-state index in [2.05, 4.69) is 31.8 Å². The van der Waals surface area contributed by atoms with Gasteiger partial charge in [0.05, 0.1) is 22.5 Å². The number of fused-ring (bicyclic) bond motifs is 2. The summed E-state index contributed by atoms with van der Waals surface area (Å²) in [6.07, 6.45) is 2.43. The molecule has 4 aromatic rings. The molecule has 0 aliphatic carbocycles. The van der Waals surface area contributed by atoms with Crippen LogP contribution in [0.5, 0.6) is 0 Å². The van der Waals surface area contributed by atoms with Crippen LogP contribution in [-0.2, 0) is 9.47 Å². The van der Waals surface area contributed by atoms with Gasteiger partial charge in [0.1, 0.15) is 29.3 Å². The lowest BCUT2D eigenvalue weighted by molar-refractivity contribution is 0.0197. The maximum atomic E-state index is 13.0. The van der Waals surface area contributed by atoms with E-state index in [1.165, 1.54) is 6.33 Å². The van der Waals surface area contributed by atoms with Gasteiger partial charge in [0.15, 0.2) is 5.65 Å². The first-order valence-corrected chi connectivity index (χ1v) is 12.6. The topological polar surface area (TPSA) is 137 Å². The molecule has 0 saturated carbocycles. The number of nitrogens with one attached hydrogen (secondary N) is 1. The van der Waals surface area contributed by atoms with E-state index in [0.29, 0.717) is 48.5 Å². The predicted octanol–water partition coefficient (Wildman–Crippen LogP) is 3.58. The molecule has 1 amide bonds. The van der Waals surface area contributed by atoms with Crippen LogP contribution >= 0.6 is 0 Å². The smallest absolute Gasteiger partial charge is 0.410 e. The van der Waals surface area contributed by atoms with Crippen LogP contribution in [0.3, 0.4) is 0 Å². The van der Waals surface area contributed by atoms with Gasteiger partial charge in [-0.3, -0.25) is 0 Å². The largest absolute Gasteiger partial charge is 0.444 e. The Hall–Kier alpha value is -4.17. The molecule has 3 aromatic heterocycles. The van der Waals surface area contributed by atoms with E-state index in [-0.39, 0.29) is 18.2 Å². The fraction of sp³-hybridized carbons (Fsp3) is 0.444. The number of carbonyl (C=O) groups is 1. The summed E-state index contributed by atoms with van der Waals surface area (Å²) in [6.45, 7) is 8.45. The lowest BCUT2D eigenvalue weighted by atomic mass is 10.1. The molecule has 0 bridgehead atoms. The van der Waals surface area contributed by atoms with Crippen LogP contribution in [0.1, 0.15) is 56.7 Å². The molecule has 1 unspecified atom stereocenters. The Bertz CT molecular complexity index is 1560. The summed E-state index contributed by atoms with van der Waals surface area (Å²) >= 11 is 0. The quantitative estimate of drug-likeness (QED) is 0.393. The van der Waals surface area contributed by atoms with Crippen molar-refractivity contribution >= 4 is 34.0 Å². The Kier molecular flexibility index (Phi) is 6.67. The number of amides is 1. The number of imidazole rings is 1. The Balaban J connectivity index is 1.50. The SMILES string of the molecule is COCC[C@H]1CC(n2nc(C#Cc3ccc4[nH]c(C)nc4c3)c3c(N)ncnc32)CN1C(=O)OC(C)(C)C. The molecular formula is C27H32N8O3. The maximum absolute atomic E-state index is 13.0. The zero-order valence-electron chi connectivity index (χ0n) is 22.3. The van der Waals surface area contributed by atoms with Crippen LogP contribution in [-0.4, -0.2) is 72.6 Å². The predicted molar refractivity (Wildman–Crippen MR) is 143 cm³/mol. The highest BCUT2D eigenvalue weighted by molar-refractivity contribution is 5.90. The highest BCUT2D eigenvalue weighted by atomic mass is 16.6. The number of nitrogen functional groups attached to an aromatic ring is 1. The molecule has 3 N–H and O–H groups in total. The number of aryl methyl sites for hydroxylation is 1. The van der Waals surface area contributed by atoms with E-state index in [9.17, 15) is 4.79 Å². The Morgan fingerprint density at radius 2 is 2.08 bits per heavy atom. The molecule has 1 aliphatic heterocycles. The monoisotopic (exact) mass is 516 g/mol. The molecule has 5 rings (SSSR count). The van der Waals surface area contributed by atoms with Gasteiger partial charge in [-0.25, -0.2) is 24.4 Å². The van der Waals surface area contributed by atoms with Crippen molar-refractivity contribution in [3.05, 3.63) is 41.6 Å². The average molecular weight is 517 g/mol. The molecule has 11 nitrogen and oxygen atoms in total. The second-order valence-corrected chi connectivity index (χ2v) is 10.5. The minimum atomic E-state index is -0.596. The van der Waals surface area contributed by atoms with Crippen LogP contribution in [0.4, 0.5) is 10.6 Å². The van der Waals surface area contributed by atoms with Gasteiger partial charge in [0.25, 0.3) is 0 Å². The zero-order valence-corrected chi connectivity index (χ0v) is 22.3. The van der Waals surface area contributed by atoms with Crippen molar-refractivity contribution in [3.8, 4) is 11.8 Å². The van der Waals surface area contributed by atoms with Crippen molar-refractivity contribution in [2.24, 2.45) is 0 Å². The summed E-state index contributed by atoms with van der Waals surface area (Å²) in [4.78, 5) is 31.2. The van der Waals surface area contributed by atoms with Gasteiger partial charge in [0, 0.05) is 31.9 Å². The third-order valence-corrected chi connectivity index (χ3v) is 6.47.